The SMILES string of the molecule is [2H]C([2H])(C)c1cnc(C([2H])([2H])CCC2(F)CC([2H])([2H])N(C(=O)c3ccc(F)c(Cl)c3)C([2H])([2H])C2)nc1. The van der Waals surface area contributed by atoms with Crippen LogP contribution in [0.2, 0.25) is 5.02 Å². The molecule has 0 N–H and O–H groups in total. The summed E-state index contributed by atoms with van der Waals surface area (Å²) in [7, 11) is 0. The first kappa shape index (κ1) is 12.5. The van der Waals surface area contributed by atoms with Crippen molar-refractivity contribution in [1.82, 2.24) is 14.9 Å². The van der Waals surface area contributed by atoms with Gasteiger partial charge < -0.3 is 4.90 Å². The van der Waals surface area contributed by atoms with Crippen LogP contribution in [0.1, 0.15) is 65.3 Å². The molecule has 0 aliphatic carbocycles. The molecule has 2 heterocycles. The summed E-state index contributed by atoms with van der Waals surface area (Å²) < 4.78 is 94.2. The summed E-state index contributed by atoms with van der Waals surface area (Å²) >= 11 is 5.69. The lowest BCUT2D eigenvalue weighted by Crippen LogP contribution is -2.44. The zero-order valence-corrected chi connectivity index (χ0v) is 15.9. The number of carbonyl (C=O) groups is 1. The Bertz CT molecular complexity index is 1130. The van der Waals surface area contributed by atoms with Crippen molar-refractivity contribution in [1.29, 1.82) is 0 Å². The zero-order valence-electron chi connectivity index (χ0n) is 23.1. The van der Waals surface area contributed by atoms with Gasteiger partial charge in [-0.2, -0.15) is 0 Å². The first-order chi connectivity index (χ1) is 16.3. The minimum Gasteiger partial charge on any atom is -0.338 e. The predicted octanol–water partition coefficient (Wildman–Crippen LogP) is 4.80. The quantitative estimate of drug-likeness (QED) is 0.680. The molecule has 1 amide bonds. The molecule has 0 saturated carbocycles. The van der Waals surface area contributed by atoms with Gasteiger partial charge in [0.15, 0.2) is 0 Å². The second-order valence-corrected chi connectivity index (χ2v) is 6.72. The summed E-state index contributed by atoms with van der Waals surface area (Å²) in [5.41, 5.74) is -2.66. The highest BCUT2D eigenvalue weighted by Gasteiger charge is 2.35. The van der Waals surface area contributed by atoms with E-state index in [0.29, 0.717) is 0 Å². The van der Waals surface area contributed by atoms with Crippen LogP contribution >= 0.6 is 11.6 Å². The number of hydrogen-bond acceptors (Lipinski definition) is 3. The number of hydrogen-bond donors (Lipinski definition) is 0. The maximum Gasteiger partial charge on any atom is 0.253 e. The van der Waals surface area contributed by atoms with E-state index in [2.05, 4.69) is 9.97 Å². The van der Waals surface area contributed by atoms with E-state index in [4.69, 9.17) is 22.6 Å². The number of benzene rings is 1. The van der Waals surface area contributed by atoms with Crippen molar-refractivity contribution in [3.05, 3.63) is 58.4 Å². The van der Waals surface area contributed by atoms with Crippen LogP contribution in [-0.2, 0) is 12.7 Å². The first-order valence-corrected chi connectivity index (χ1v) is 8.97. The van der Waals surface area contributed by atoms with Gasteiger partial charge in [0, 0.05) is 48.3 Å². The topological polar surface area (TPSA) is 46.1 Å². The van der Waals surface area contributed by atoms with Crippen LogP contribution in [0.25, 0.3) is 0 Å². The van der Waals surface area contributed by atoms with Crippen LogP contribution in [-0.4, -0.2) is 39.4 Å². The third kappa shape index (κ3) is 5.04. The molecule has 1 saturated heterocycles. The molecule has 0 unspecified atom stereocenters. The molecular formula is C21H24ClF2N3O. The minimum absolute atomic E-state index is 0.130. The van der Waals surface area contributed by atoms with E-state index in [1.54, 1.807) is 0 Å². The molecule has 0 atom stereocenters. The van der Waals surface area contributed by atoms with Gasteiger partial charge in [0.1, 0.15) is 17.3 Å². The van der Waals surface area contributed by atoms with Gasteiger partial charge in [-0.25, -0.2) is 18.7 Å². The fourth-order valence-electron chi connectivity index (χ4n) is 2.59. The van der Waals surface area contributed by atoms with Gasteiger partial charge in [-0.1, -0.05) is 18.5 Å². The normalized spacial score (nSPS) is 25.1. The van der Waals surface area contributed by atoms with Crippen LogP contribution < -0.4 is 0 Å². The molecule has 0 radical (unpaired) electrons. The molecule has 150 valence electrons. The third-order valence-electron chi connectivity index (χ3n) is 4.27. The van der Waals surface area contributed by atoms with Crippen molar-refractivity contribution in [2.45, 2.75) is 51.0 Å². The Morgan fingerprint density at radius 3 is 2.64 bits per heavy atom. The van der Waals surface area contributed by atoms with E-state index in [1.165, 1.54) is 6.92 Å². The van der Waals surface area contributed by atoms with Crippen LogP contribution in [0.5, 0.6) is 0 Å². The number of rotatable bonds is 6. The second-order valence-electron chi connectivity index (χ2n) is 6.31. The van der Waals surface area contributed by atoms with Gasteiger partial charge in [-0.3, -0.25) is 4.79 Å². The fraction of sp³-hybridized carbons (Fsp3) is 0.476. The summed E-state index contributed by atoms with van der Waals surface area (Å²) in [5, 5.41) is -0.411. The number of aryl methyl sites for hydroxylation is 2. The lowest BCUT2D eigenvalue weighted by molar-refractivity contribution is 0.0389. The molecule has 1 aromatic heterocycles. The van der Waals surface area contributed by atoms with Gasteiger partial charge in [0.25, 0.3) is 5.91 Å². The van der Waals surface area contributed by atoms with E-state index in [1.807, 2.05) is 0 Å². The lowest BCUT2D eigenvalue weighted by atomic mass is 9.88. The van der Waals surface area contributed by atoms with Gasteiger partial charge in [-0.05, 0) is 55.8 Å². The average Bonchev–Trinajstić information content (AvgIpc) is 2.72. The van der Waals surface area contributed by atoms with Crippen molar-refractivity contribution < 1.29 is 24.5 Å². The molecule has 1 aromatic carbocycles. The molecule has 0 spiro atoms. The third-order valence-corrected chi connectivity index (χ3v) is 4.56. The fourth-order valence-corrected chi connectivity index (χ4v) is 2.77. The Hall–Kier alpha value is -2.08. The summed E-state index contributed by atoms with van der Waals surface area (Å²) in [6, 6.07) is 2.85. The number of likely N-dealkylation sites (tertiary alicyclic amines) is 1. The van der Waals surface area contributed by atoms with E-state index in [9.17, 15) is 9.18 Å². The van der Waals surface area contributed by atoms with Crippen molar-refractivity contribution >= 4 is 17.5 Å². The zero-order chi connectivity index (χ0) is 27.3. The van der Waals surface area contributed by atoms with E-state index < -0.39 is 73.8 Å². The first-order valence-electron chi connectivity index (χ1n) is 12.6. The molecule has 28 heavy (non-hydrogen) atoms. The van der Waals surface area contributed by atoms with Crippen molar-refractivity contribution in [2.24, 2.45) is 0 Å². The van der Waals surface area contributed by atoms with Gasteiger partial charge >= 0.3 is 0 Å². The molecule has 7 heteroatoms. The van der Waals surface area contributed by atoms with Crippen LogP contribution in [0, 0.1) is 5.82 Å². The Labute approximate surface area is 180 Å². The highest BCUT2D eigenvalue weighted by Crippen LogP contribution is 2.32. The predicted molar refractivity (Wildman–Crippen MR) is 105 cm³/mol. The summed E-state index contributed by atoms with van der Waals surface area (Å²) in [5.74, 6) is -2.26. The standard InChI is InChI=1S/C21H24ClF2N3O/c1-2-15-13-25-19(26-14-15)4-3-7-21(24)8-10-27(11-9-21)20(28)16-5-6-18(23)17(22)12-16/h5-6,12-14H,2-4,7-11H2,1H3/i2D2,4D2,10D2,11D2. The maximum absolute atomic E-state index is 15.8. The maximum atomic E-state index is 15.8. The molecule has 2 aromatic rings. The van der Waals surface area contributed by atoms with Crippen molar-refractivity contribution in [3.8, 4) is 0 Å². The second kappa shape index (κ2) is 8.95. The van der Waals surface area contributed by atoms with E-state index in [-0.39, 0.29) is 21.9 Å². The Kier molecular flexibility index (Phi) is 3.99. The number of aromatic nitrogens is 2. The summed E-state index contributed by atoms with van der Waals surface area (Å²) in [6.07, 6.45) is -4.70. The Morgan fingerprint density at radius 1 is 1.36 bits per heavy atom. The van der Waals surface area contributed by atoms with Gasteiger partial charge in [0.05, 0.1) is 5.02 Å². The smallest absolute Gasteiger partial charge is 0.253 e. The highest BCUT2D eigenvalue weighted by atomic mass is 35.5. The number of nitrogens with zero attached hydrogens (tertiary/aromatic N) is 3. The molecule has 0 bridgehead atoms. The Balaban J connectivity index is 1.80. The summed E-state index contributed by atoms with van der Waals surface area (Å²) in [4.78, 5) is 20.9. The Morgan fingerprint density at radius 2 is 2.04 bits per heavy atom. The number of piperidine rings is 1. The number of halogens is 3. The van der Waals surface area contributed by atoms with Gasteiger partial charge in [-0.15, -0.1) is 0 Å². The van der Waals surface area contributed by atoms with E-state index in [0.717, 1.165) is 30.6 Å². The van der Waals surface area contributed by atoms with Crippen LogP contribution in [0.4, 0.5) is 8.78 Å². The van der Waals surface area contributed by atoms with Crippen LogP contribution in [0.3, 0.4) is 0 Å². The molecule has 4 nitrogen and oxygen atoms in total. The largest absolute Gasteiger partial charge is 0.338 e. The molecule has 3 rings (SSSR count). The molecular weight excluding hydrogens is 384 g/mol. The monoisotopic (exact) mass is 415 g/mol. The van der Waals surface area contributed by atoms with E-state index >= 15 is 4.39 Å². The number of carbonyl (C=O) groups excluding carboxylic acids is 1. The van der Waals surface area contributed by atoms with Crippen molar-refractivity contribution in [3.63, 3.8) is 0 Å². The molecule has 1 aliphatic rings. The number of alkyl halides is 1. The average molecular weight is 416 g/mol. The van der Waals surface area contributed by atoms with Crippen molar-refractivity contribution in [2.75, 3.05) is 13.0 Å². The van der Waals surface area contributed by atoms with Gasteiger partial charge in [0.2, 0.25) is 0 Å². The minimum atomic E-state index is -2.80. The highest BCUT2D eigenvalue weighted by molar-refractivity contribution is 6.31. The lowest BCUT2D eigenvalue weighted by Gasteiger charge is -2.36. The summed E-state index contributed by atoms with van der Waals surface area (Å²) in [6.45, 7) is -4.31. The number of amides is 1. The van der Waals surface area contributed by atoms with Crippen LogP contribution in [0.15, 0.2) is 30.6 Å². The molecule has 1 fully saturated rings. The molecule has 1 aliphatic heterocycles.